The van der Waals surface area contributed by atoms with E-state index in [2.05, 4.69) is 17.6 Å². The maximum absolute atomic E-state index is 12.4. The largest absolute Gasteiger partial charge is 0.342 e. The number of carbonyl (C=O) groups excluding carboxylic acids is 2. The third-order valence-corrected chi connectivity index (χ3v) is 5.94. The summed E-state index contributed by atoms with van der Waals surface area (Å²) >= 11 is 1.56. The van der Waals surface area contributed by atoms with Crippen molar-refractivity contribution < 1.29 is 9.59 Å². The van der Waals surface area contributed by atoms with Crippen molar-refractivity contribution in [1.29, 1.82) is 0 Å². The zero-order valence-corrected chi connectivity index (χ0v) is 15.8. The van der Waals surface area contributed by atoms with Crippen molar-refractivity contribution in [2.75, 3.05) is 11.9 Å². The van der Waals surface area contributed by atoms with Gasteiger partial charge < -0.3 is 10.6 Å². The topological polar surface area (TPSA) is 58.2 Å². The first-order valence-corrected chi connectivity index (χ1v) is 9.51. The van der Waals surface area contributed by atoms with Gasteiger partial charge in [-0.3, -0.25) is 9.59 Å². The van der Waals surface area contributed by atoms with E-state index in [1.54, 1.807) is 11.3 Å². The van der Waals surface area contributed by atoms with Crippen LogP contribution in [0.5, 0.6) is 0 Å². The van der Waals surface area contributed by atoms with E-state index in [0.29, 0.717) is 10.8 Å². The number of hydrogen-bond donors (Lipinski definition) is 2. The molecule has 0 spiro atoms. The van der Waals surface area contributed by atoms with Crippen molar-refractivity contribution in [3.05, 3.63) is 50.7 Å². The Morgan fingerprint density at radius 1 is 1.24 bits per heavy atom. The van der Waals surface area contributed by atoms with Gasteiger partial charge in [0.1, 0.15) is 0 Å². The molecule has 0 unspecified atom stereocenters. The van der Waals surface area contributed by atoms with E-state index in [0.717, 1.165) is 29.7 Å². The van der Waals surface area contributed by atoms with E-state index >= 15 is 0 Å². The van der Waals surface area contributed by atoms with Crippen LogP contribution in [0.2, 0.25) is 0 Å². The van der Waals surface area contributed by atoms with Gasteiger partial charge in [-0.15, -0.1) is 11.3 Å². The van der Waals surface area contributed by atoms with Gasteiger partial charge in [-0.05, 0) is 61.8 Å². The highest BCUT2D eigenvalue weighted by Crippen LogP contribution is 2.32. The van der Waals surface area contributed by atoms with Crippen molar-refractivity contribution >= 4 is 28.8 Å². The quantitative estimate of drug-likeness (QED) is 0.874. The Morgan fingerprint density at radius 3 is 2.68 bits per heavy atom. The van der Waals surface area contributed by atoms with Crippen LogP contribution < -0.4 is 10.6 Å². The molecule has 4 nitrogen and oxygen atoms in total. The average molecular weight is 356 g/mol. The summed E-state index contributed by atoms with van der Waals surface area (Å²) in [7, 11) is 0. The van der Waals surface area contributed by atoms with Gasteiger partial charge in [-0.25, -0.2) is 0 Å². The van der Waals surface area contributed by atoms with E-state index in [1.807, 2.05) is 38.1 Å². The molecule has 3 rings (SSSR count). The molecule has 2 amide bonds. The Balaban J connectivity index is 1.58. The minimum Gasteiger partial charge on any atom is -0.342 e. The summed E-state index contributed by atoms with van der Waals surface area (Å²) in [5, 5.41) is 5.63. The zero-order valence-electron chi connectivity index (χ0n) is 14.9. The molecule has 1 aliphatic rings. The fourth-order valence-corrected chi connectivity index (χ4v) is 4.39. The van der Waals surface area contributed by atoms with Gasteiger partial charge in [0.2, 0.25) is 5.91 Å². The minimum absolute atomic E-state index is 0.0222. The lowest BCUT2D eigenvalue weighted by molar-refractivity contribution is -0.115. The fourth-order valence-electron chi connectivity index (χ4n) is 3.26. The van der Waals surface area contributed by atoms with Gasteiger partial charge in [0.05, 0.1) is 11.4 Å². The molecule has 25 heavy (non-hydrogen) atoms. The second-order valence-electron chi connectivity index (χ2n) is 6.90. The fraction of sp³-hybridized carbons (Fsp3) is 0.400. The SMILES string of the molecule is Cc1cccc(C)c1NC(=O)CNC(=O)c1cc2c(s1)CC[C@@H](C)C2. The third kappa shape index (κ3) is 4.10. The molecule has 132 valence electrons. The lowest BCUT2D eigenvalue weighted by atomic mass is 9.90. The summed E-state index contributed by atoms with van der Waals surface area (Å²) in [5.41, 5.74) is 4.15. The smallest absolute Gasteiger partial charge is 0.261 e. The molecule has 0 aliphatic heterocycles. The van der Waals surface area contributed by atoms with Crippen LogP contribution in [-0.2, 0) is 17.6 Å². The number of benzene rings is 1. The van der Waals surface area contributed by atoms with Crippen LogP contribution in [0.1, 0.15) is 44.6 Å². The van der Waals surface area contributed by atoms with E-state index in [-0.39, 0.29) is 18.4 Å². The Morgan fingerprint density at radius 2 is 1.96 bits per heavy atom. The summed E-state index contributed by atoms with van der Waals surface area (Å²) in [6, 6.07) is 7.87. The molecule has 0 saturated heterocycles. The molecule has 2 aromatic rings. The number of aryl methyl sites for hydroxylation is 3. The highest BCUT2D eigenvalue weighted by molar-refractivity contribution is 7.14. The maximum Gasteiger partial charge on any atom is 0.261 e. The molecular weight excluding hydrogens is 332 g/mol. The van der Waals surface area contributed by atoms with Crippen LogP contribution in [-0.4, -0.2) is 18.4 Å². The molecule has 1 atom stereocenters. The number of fused-ring (bicyclic) bond motifs is 1. The molecule has 1 aromatic carbocycles. The molecule has 1 aliphatic carbocycles. The first kappa shape index (κ1) is 17.7. The Labute approximate surface area is 152 Å². The molecule has 0 fully saturated rings. The van der Waals surface area contributed by atoms with E-state index in [4.69, 9.17) is 0 Å². The molecule has 1 heterocycles. The summed E-state index contributed by atoms with van der Waals surface area (Å²) in [5.74, 6) is 0.311. The number of nitrogens with one attached hydrogen (secondary N) is 2. The molecule has 0 bridgehead atoms. The third-order valence-electron chi connectivity index (χ3n) is 4.71. The second-order valence-corrected chi connectivity index (χ2v) is 8.04. The number of rotatable bonds is 4. The lowest BCUT2D eigenvalue weighted by Crippen LogP contribution is -2.32. The number of carbonyl (C=O) groups is 2. The van der Waals surface area contributed by atoms with Crippen molar-refractivity contribution in [3.63, 3.8) is 0 Å². The minimum atomic E-state index is -0.208. The Kier molecular flexibility index (Phi) is 5.23. The number of anilines is 1. The normalized spacial score (nSPS) is 16.2. The summed E-state index contributed by atoms with van der Waals surface area (Å²) in [6.07, 6.45) is 3.29. The second kappa shape index (κ2) is 7.40. The Hall–Kier alpha value is -2.14. The van der Waals surface area contributed by atoms with Crippen molar-refractivity contribution in [3.8, 4) is 0 Å². The van der Waals surface area contributed by atoms with Gasteiger partial charge in [0.15, 0.2) is 0 Å². The lowest BCUT2D eigenvalue weighted by Gasteiger charge is -2.16. The molecule has 1 aromatic heterocycles. The number of para-hydroxylation sites is 1. The molecule has 5 heteroatoms. The van der Waals surface area contributed by atoms with E-state index in [1.165, 1.54) is 16.9 Å². The van der Waals surface area contributed by atoms with Crippen LogP contribution in [0.15, 0.2) is 24.3 Å². The van der Waals surface area contributed by atoms with E-state index in [9.17, 15) is 9.59 Å². The molecular formula is C20H24N2O2S. The predicted molar refractivity (Wildman–Crippen MR) is 102 cm³/mol. The maximum atomic E-state index is 12.4. The molecule has 0 radical (unpaired) electrons. The highest BCUT2D eigenvalue weighted by Gasteiger charge is 2.21. The predicted octanol–water partition coefficient (Wildman–Crippen LogP) is 3.86. The highest BCUT2D eigenvalue weighted by atomic mass is 32.1. The van der Waals surface area contributed by atoms with Gasteiger partial charge in [-0.2, -0.15) is 0 Å². The zero-order chi connectivity index (χ0) is 18.0. The van der Waals surface area contributed by atoms with Crippen LogP contribution >= 0.6 is 11.3 Å². The molecule has 0 saturated carbocycles. The average Bonchev–Trinajstić information content (AvgIpc) is 2.99. The van der Waals surface area contributed by atoms with E-state index < -0.39 is 0 Å². The number of hydrogen-bond acceptors (Lipinski definition) is 3. The first-order chi connectivity index (χ1) is 11.9. The number of thiophene rings is 1. The first-order valence-electron chi connectivity index (χ1n) is 8.70. The number of amides is 2. The van der Waals surface area contributed by atoms with Crippen molar-refractivity contribution in [2.45, 2.75) is 40.0 Å². The summed E-state index contributed by atoms with van der Waals surface area (Å²) in [4.78, 5) is 26.6. The van der Waals surface area contributed by atoms with Crippen LogP contribution in [0.4, 0.5) is 5.69 Å². The molecule has 2 N–H and O–H groups in total. The summed E-state index contributed by atoms with van der Waals surface area (Å²) in [6.45, 7) is 6.14. The van der Waals surface area contributed by atoms with Crippen molar-refractivity contribution in [2.24, 2.45) is 5.92 Å². The van der Waals surface area contributed by atoms with Gasteiger partial charge in [0.25, 0.3) is 5.91 Å². The van der Waals surface area contributed by atoms with Crippen molar-refractivity contribution in [1.82, 2.24) is 5.32 Å². The Bertz CT molecular complexity index is 790. The van der Waals surface area contributed by atoms with Crippen LogP contribution in [0.3, 0.4) is 0 Å². The van der Waals surface area contributed by atoms with Gasteiger partial charge in [-0.1, -0.05) is 25.1 Å². The van der Waals surface area contributed by atoms with Gasteiger partial charge >= 0.3 is 0 Å². The van der Waals surface area contributed by atoms with Crippen LogP contribution in [0.25, 0.3) is 0 Å². The summed E-state index contributed by atoms with van der Waals surface area (Å²) < 4.78 is 0. The van der Waals surface area contributed by atoms with Gasteiger partial charge in [0, 0.05) is 10.6 Å². The monoisotopic (exact) mass is 356 g/mol. The standard InChI is InChI=1S/C20H24N2O2S/c1-12-7-8-16-15(9-12)10-17(25-16)20(24)21-11-18(23)22-19-13(2)5-4-6-14(19)3/h4-6,10,12H,7-9,11H2,1-3H3,(H,21,24)(H,22,23)/t12-/m1/s1. The van der Waals surface area contributed by atoms with Crippen LogP contribution in [0, 0.1) is 19.8 Å².